The van der Waals surface area contributed by atoms with Crippen LogP contribution in [-0.2, 0) is 6.54 Å². The predicted octanol–water partition coefficient (Wildman–Crippen LogP) is 3.58. The minimum absolute atomic E-state index is 0.219. The highest BCUT2D eigenvalue weighted by Crippen LogP contribution is 2.36. The Bertz CT molecular complexity index is 695. The van der Waals surface area contributed by atoms with Crippen LogP contribution in [0.2, 0.25) is 0 Å². The molecule has 1 aromatic carbocycles. The number of benzene rings is 1. The summed E-state index contributed by atoms with van der Waals surface area (Å²) in [6, 6.07) is 6.11. The van der Waals surface area contributed by atoms with E-state index in [1.54, 1.807) is 7.11 Å². The van der Waals surface area contributed by atoms with Gasteiger partial charge in [0.25, 0.3) is 0 Å². The van der Waals surface area contributed by atoms with E-state index in [0.29, 0.717) is 0 Å². The number of aromatic amines is 1. The molecule has 2 aromatic rings. The Morgan fingerprint density at radius 3 is 2.67 bits per heavy atom. The van der Waals surface area contributed by atoms with E-state index < -0.39 is 0 Å². The molecule has 0 radical (unpaired) electrons. The number of ether oxygens (including phenoxy) is 1. The van der Waals surface area contributed by atoms with Crippen LogP contribution in [0.15, 0.2) is 18.2 Å². The molecular formula is C16H23N3OS. The zero-order chi connectivity index (χ0) is 15.0. The molecule has 1 fully saturated rings. The van der Waals surface area contributed by atoms with E-state index in [0.717, 1.165) is 28.1 Å². The molecule has 1 aliphatic carbocycles. The van der Waals surface area contributed by atoms with Gasteiger partial charge in [0.15, 0.2) is 4.77 Å². The fourth-order valence-electron chi connectivity index (χ4n) is 3.56. The molecule has 0 aliphatic heterocycles. The van der Waals surface area contributed by atoms with Gasteiger partial charge in [0, 0.05) is 12.1 Å². The van der Waals surface area contributed by atoms with E-state index in [1.807, 2.05) is 12.1 Å². The zero-order valence-corrected chi connectivity index (χ0v) is 13.8. The van der Waals surface area contributed by atoms with Crippen molar-refractivity contribution < 1.29 is 4.74 Å². The summed E-state index contributed by atoms with van der Waals surface area (Å²) in [7, 11) is 6.07. The van der Waals surface area contributed by atoms with Crippen LogP contribution in [0.1, 0.15) is 25.7 Å². The van der Waals surface area contributed by atoms with Crippen LogP contribution in [0.5, 0.6) is 5.75 Å². The SMILES string of the molecule is COc1cccc2c1[nH]c(=S)n2CC1(N(C)C)CCCC1. The van der Waals surface area contributed by atoms with Crippen molar-refractivity contribution in [2.75, 3.05) is 21.2 Å². The number of imidazole rings is 1. The molecule has 0 spiro atoms. The van der Waals surface area contributed by atoms with Crippen molar-refractivity contribution >= 4 is 23.3 Å². The molecule has 5 heteroatoms. The summed E-state index contributed by atoms with van der Waals surface area (Å²) in [6.45, 7) is 0.937. The number of hydrogen-bond acceptors (Lipinski definition) is 3. The Labute approximate surface area is 130 Å². The Morgan fingerprint density at radius 1 is 1.33 bits per heavy atom. The van der Waals surface area contributed by atoms with E-state index in [9.17, 15) is 0 Å². The van der Waals surface area contributed by atoms with Crippen LogP contribution in [-0.4, -0.2) is 41.2 Å². The zero-order valence-electron chi connectivity index (χ0n) is 13.0. The molecule has 1 N–H and O–H groups in total. The van der Waals surface area contributed by atoms with E-state index in [2.05, 4.69) is 34.6 Å². The smallest absolute Gasteiger partial charge is 0.178 e. The Kier molecular flexibility index (Phi) is 3.80. The summed E-state index contributed by atoms with van der Waals surface area (Å²) in [6.07, 6.45) is 5.07. The maximum atomic E-state index is 5.56. The van der Waals surface area contributed by atoms with Crippen LogP contribution < -0.4 is 4.74 Å². The van der Waals surface area contributed by atoms with Crippen molar-refractivity contribution in [3.63, 3.8) is 0 Å². The Hall–Kier alpha value is -1.33. The van der Waals surface area contributed by atoms with Crippen molar-refractivity contribution in [2.24, 2.45) is 0 Å². The Morgan fingerprint density at radius 2 is 2.05 bits per heavy atom. The number of aromatic nitrogens is 2. The van der Waals surface area contributed by atoms with E-state index in [4.69, 9.17) is 17.0 Å². The minimum atomic E-state index is 0.219. The number of para-hydroxylation sites is 1. The number of methoxy groups -OCH3 is 1. The van der Waals surface area contributed by atoms with Gasteiger partial charge in [-0.2, -0.15) is 0 Å². The van der Waals surface area contributed by atoms with Gasteiger partial charge in [0.2, 0.25) is 0 Å². The fourth-order valence-corrected chi connectivity index (χ4v) is 3.82. The number of nitrogens with one attached hydrogen (secondary N) is 1. The average molecular weight is 305 g/mol. The quantitative estimate of drug-likeness (QED) is 0.877. The lowest BCUT2D eigenvalue weighted by atomic mass is 9.96. The Balaban J connectivity index is 2.09. The molecule has 0 saturated heterocycles. The first-order valence-corrected chi connectivity index (χ1v) is 7.91. The van der Waals surface area contributed by atoms with Gasteiger partial charge in [0.05, 0.1) is 12.6 Å². The number of hydrogen-bond donors (Lipinski definition) is 1. The van der Waals surface area contributed by atoms with Crippen LogP contribution in [0.3, 0.4) is 0 Å². The highest BCUT2D eigenvalue weighted by Gasteiger charge is 2.36. The first-order chi connectivity index (χ1) is 10.1. The first kappa shape index (κ1) is 14.6. The summed E-state index contributed by atoms with van der Waals surface area (Å²) in [5, 5.41) is 0. The second-order valence-corrected chi connectivity index (χ2v) is 6.58. The van der Waals surface area contributed by atoms with Crippen molar-refractivity contribution in [1.29, 1.82) is 0 Å². The second kappa shape index (κ2) is 5.46. The maximum Gasteiger partial charge on any atom is 0.178 e. The standard InChI is InChI=1S/C16H23N3OS/c1-18(2)16(9-4-5-10-16)11-19-12-7-6-8-13(20-3)14(12)17-15(19)21/h6-8H,4-5,9-11H2,1-3H3,(H,17,21). The number of nitrogens with zero attached hydrogens (tertiary/aromatic N) is 2. The molecule has 0 atom stereocenters. The third-order valence-corrected chi connectivity index (χ3v) is 5.25. The highest BCUT2D eigenvalue weighted by molar-refractivity contribution is 7.71. The van der Waals surface area contributed by atoms with E-state index in [-0.39, 0.29) is 5.54 Å². The number of fused-ring (bicyclic) bond motifs is 1. The van der Waals surface area contributed by atoms with Crippen LogP contribution in [0.4, 0.5) is 0 Å². The molecular weight excluding hydrogens is 282 g/mol. The third-order valence-electron chi connectivity index (χ3n) is 4.93. The molecule has 21 heavy (non-hydrogen) atoms. The summed E-state index contributed by atoms with van der Waals surface area (Å²) in [5.41, 5.74) is 2.35. The molecule has 0 unspecified atom stereocenters. The van der Waals surface area contributed by atoms with Crippen LogP contribution in [0.25, 0.3) is 11.0 Å². The molecule has 1 aromatic heterocycles. The van der Waals surface area contributed by atoms with Gasteiger partial charge in [-0.1, -0.05) is 18.9 Å². The van der Waals surface area contributed by atoms with Crippen molar-refractivity contribution in [2.45, 2.75) is 37.8 Å². The van der Waals surface area contributed by atoms with Crippen molar-refractivity contribution in [3.8, 4) is 5.75 Å². The summed E-state index contributed by atoms with van der Waals surface area (Å²) in [5.74, 6) is 0.850. The molecule has 3 rings (SSSR count). The highest BCUT2D eigenvalue weighted by atomic mass is 32.1. The van der Waals surface area contributed by atoms with Gasteiger partial charge in [-0.25, -0.2) is 0 Å². The van der Waals surface area contributed by atoms with Crippen LogP contribution >= 0.6 is 12.2 Å². The molecule has 0 bridgehead atoms. The van der Waals surface area contributed by atoms with Crippen LogP contribution in [0, 0.1) is 4.77 Å². The minimum Gasteiger partial charge on any atom is -0.494 e. The van der Waals surface area contributed by atoms with Gasteiger partial charge in [-0.05, 0) is 51.3 Å². The normalized spacial score (nSPS) is 17.7. The summed E-state index contributed by atoms with van der Waals surface area (Å²) < 4.78 is 8.45. The molecule has 1 aliphatic rings. The van der Waals surface area contributed by atoms with Crippen molar-refractivity contribution in [3.05, 3.63) is 23.0 Å². The van der Waals surface area contributed by atoms with Crippen molar-refractivity contribution in [1.82, 2.24) is 14.5 Å². The predicted molar refractivity (Wildman–Crippen MR) is 88.6 cm³/mol. The largest absolute Gasteiger partial charge is 0.494 e. The average Bonchev–Trinajstić information content (AvgIpc) is 3.06. The van der Waals surface area contributed by atoms with Gasteiger partial charge in [-0.3, -0.25) is 0 Å². The number of likely N-dealkylation sites (N-methyl/N-ethyl adjacent to an activating group) is 1. The summed E-state index contributed by atoms with van der Waals surface area (Å²) in [4.78, 5) is 5.69. The van der Waals surface area contributed by atoms with E-state index in [1.165, 1.54) is 25.7 Å². The number of H-pyrrole nitrogens is 1. The maximum absolute atomic E-state index is 5.56. The third kappa shape index (κ3) is 2.38. The summed E-state index contributed by atoms with van der Waals surface area (Å²) >= 11 is 5.56. The molecule has 1 saturated carbocycles. The lowest BCUT2D eigenvalue weighted by molar-refractivity contribution is 0.135. The second-order valence-electron chi connectivity index (χ2n) is 6.20. The fraction of sp³-hybridized carbons (Fsp3) is 0.562. The first-order valence-electron chi connectivity index (χ1n) is 7.50. The monoisotopic (exact) mass is 305 g/mol. The lowest BCUT2D eigenvalue weighted by Crippen LogP contribution is -2.45. The van der Waals surface area contributed by atoms with E-state index >= 15 is 0 Å². The molecule has 0 amide bonds. The molecule has 4 nitrogen and oxygen atoms in total. The molecule has 1 heterocycles. The van der Waals surface area contributed by atoms with Gasteiger partial charge < -0.3 is 19.2 Å². The lowest BCUT2D eigenvalue weighted by Gasteiger charge is -2.36. The molecule has 114 valence electrons. The van der Waals surface area contributed by atoms with Gasteiger partial charge >= 0.3 is 0 Å². The van der Waals surface area contributed by atoms with Gasteiger partial charge in [-0.15, -0.1) is 0 Å². The van der Waals surface area contributed by atoms with Gasteiger partial charge in [0.1, 0.15) is 11.3 Å². The topological polar surface area (TPSA) is 33.2 Å². The number of rotatable bonds is 4.